The minimum absolute atomic E-state index is 0.0435. The van der Waals surface area contributed by atoms with E-state index in [0.717, 1.165) is 39.4 Å². The third-order valence-corrected chi connectivity index (χ3v) is 5.08. The van der Waals surface area contributed by atoms with Crippen LogP contribution in [0.4, 0.5) is 5.69 Å². The van der Waals surface area contributed by atoms with E-state index in [4.69, 9.17) is 4.74 Å². The molecule has 2 N–H and O–H groups in total. The number of anilines is 1. The number of fused-ring (bicyclic) bond motifs is 2. The number of ether oxygens (including phenoxy) is 1. The quantitative estimate of drug-likeness (QED) is 0.562. The minimum atomic E-state index is -0.223. The Hall–Kier alpha value is -3.60. The van der Waals surface area contributed by atoms with Gasteiger partial charge in [-0.3, -0.25) is 4.79 Å². The van der Waals surface area contributed by atoms with Gasteiger partial charge in [-0.25, -0.2) is 4.98 Å². The highest BCUT2D eigenvalue weighted by molar-refractivity contribution is 5.97. The van der Waals surface area contributed by atoms with Gasteiger partial charge in [0.05, 0.1) is 22.6 Å². The molecule has 5 heteroatoms. The Morgan fingerprint density at radius 2 is 1.79 bits per heavy atom. The molecule has 4 aromatic rings. The summed E-state index contributed by atoms with van der Waals surface area (Å²) in [6, 6.07) is 23.5. The first-order valence-electron chi connectivity index (χ1n) is 9.33. The Morgan fingerprint density at radius 3 is 2.71 bits per heavy atom. The normalized spacial score (nSPS) is 15.6. The molecule has 0 saturated heterocycles. The van der Waals surface area contributed by atoms with Crippen LogP contribution in [0.1, 0.15) is 5.56 Å². The van der Waals surface area contributed by atoms with Crippen LogP contribution in [0.15, 0.2) is 72.8 Å². The highest BCUT2D eigenvalue weighted by Gasteiger charge is 2.26. The van der Waals surface area contributed by atoms with E-state index in [9.17, 15) is 4.79 Å². The van der Waals surface area contributed by atoms with Gasteiger partial charge in [0.1, 0.15) is 18.2 Å². The van der Waals surface area contributed by atoms with Crippen LogP contribution < -0.4 is 10.1 Å². The second-order valence-corrected chi connectivity index (χ2v) is 6.96. The van der Waals surface area contributed by atoms with Crippen LogP contribution in [-0.2, 0) is 11.2 Å². The van der Waals surface area contributed by atoms with Crippen molar-refractivity contribution in [3.05, 3.63) is 78.4 Å². The maximum absolute atomic E-state index is 12.9. The van der Waals surface area contributed by atoms with Crippen molar-refractivity contribution in [2.45, 2.75) is 6.42 Å². The van der Waals surface area contributed by atoms with E-state index in [1.807, 2.05) is 72.8 Å². The largest absolute Gasteiger partial charge is 0.492 e. The Balaban J connectivity index is 1.41. The molecule has 0 radical (unpaired) electrons. The maximum atomic E-state index is 12.9. The molecule has 0 fully saturated rings. The monoisotopic (exact) mass is 369 g/mol. The van der Waals surface area contributed by atoms with Crippen LogP contribution in [0, 0.1) is 5.92 Å². The number of aromatic amines is 1. The molecule has 1 aliphatic rings. The molecule has 0 saturated carbocycles. The van der Waals surface area contributed by atoms with Gasteiger partial charge in [-0.05, 0) is 42.3 Å². The molecule has 5 rings (SSSR count). The molecular weight excluding hydrogens is 350 g/mol. The number of para-hydroxylation sites is 4. The second kappa shape index (κ2) is 6.85. The summed E-state index contributed by atoms with van der Waals surface area (Å²) in [7, 11) is 0. The summed E-state index contributed by atoms with van der Waals surface area (Å²) in [5.74, 6) is 1.34. The maximum Gasteiger partial charge on any atom is 0.231 e. The van der Waals surface area contributed by atoms with Gasteiger partial charge in [-0.2, -0.15) is 0 Å². The van der Waals surface area contributed by atoms with Crippen molar-refractivity contribution >= 4 is 22.6 Å². The predicted octanol–water partition coefficient (Wildman–Crippen LogP) is 4.42. The Labute approximate surface area is 162 Å². The smallest absolute Gasteiger partial charge is 0.231 e. The second-order valence-electron chi connectivity index (χ2n) is 6.96. The number of hydrogen-bond donors (Lipinski definition) is 2. The van der Waals surface area contributed by atoms with E-state index in [-0.39, 0.29) is 11.8 Å². The summed E-state index contributed by atoms with van der Waals surface area (Å²) in [6.07, 6.45) is 0.675. The average molecular weight is 369 g/mol. The van der Waals surface area contributed by atoms with Crippen molar-refractivity contribution in [1.82, 2.24) is 9.97 Å². The third kappa shape index (κ3) is 3.01. The van der Waals surface area contributed by atoms with Gasteiger partial charge < -0.3 is 15.0 Å². The predicted molar refractivity (Wildman–Crippen MR) is 109 cm³/mol. The summed E-state index contributed by atoms with van der Waals surface area (Å²) in [6.45, 7) is 0.385. The number of aromatic nitrogens is 2. The fraction of sp³-hybridized carbons (Fsp3) is 0.130. The van der Waals surface area contributed by atoms with Crippen molar-refractivity contribution in [2.24, 2.45) is 5.92 Å². The van der Waals surface area contributed by atoms with Crippen molar-refractivity contribution in [3.8, 4) is 17.1 Å². The van der Waals surface area contributed by atoms with Gasteiger partial charge in [-0.1, -0.05) is 42.5 Å². The van der Waals surface area contributed by atoms with Crippen molar-refractivity contribution in [1.29, 1.82) is 0 Å². The lowest BCUT2D eigenvalue weighted by molar-refractivity contribution is -0.121. The van der Waals surface area contributed by atoms with E-state index in [1.165, 1.54) is 0 Å². The topological polar surface area (TPSA) is 67.0 Å². The van der Waals surface area contributed by atoms with E-state index in [1.54, 1.807) is 0 Å². The van der Waals surface area contributed by atoms with E-state index >= 15 is 0 Å². The number of H-pyrrole nitrogens is 1. The number of imidazole rings is 1. The Kier molecular flexibility index (Phi) is 4.05. The van der Waals surface area contributed by atoms with Gasteiger partial charge >= 0.3 is 0 Å². The van der Waals surface area contributed by atoms with E-state index < -0.39 is 0 Å². The molecule has 1 unspecified atom stereocenters. The van der Waals surface area contributed by atoms with E-state index in [0.29, 0.717) is 13.0 Å². The summed E-state index contributed by atoms with van der Waals surface area (Å²) >= 11 is 0. The number of carbonyl (C=O) groups excluding carboxylic acids is 1. The standard InChI is InChI=1S/C23H19N3O2/c27-23(16-13-15-7-1-6-12-21(15)28-14-16)26-18-9-3-2-8-17(18)22-24-19-10-4-5-11-20(19)25-22/h1-12,16H,13-14H2,(H,24,25)(H,26,27). The molecular formula is C23H19N3O2. The van der Waals surface area contributed by atoms with Gasteiger partial charge in [-0.15, -0.1) is 0 Å². The van der Waals surface area contributed by atoms with Crippen molar-refractivity contribution in [3.63, 3.8) is 0 Å². The molecule has 28 heavy (non-hydrogen) atoms. The first-order chi connectivity index (χ1) is 13.8. The molecule has 1 aromatic heterocycles. The number of hydrogen-bond acceptors (Lipinski definition) is 3. The number of carbonyl (C=O) groups is 1. The van der Waals surface area contributed by atoms with Crippen LogP contribution in [0.25, 0.3) is 22.4 Å². The third-order valence-electron chi connectivity index (χ3n) is 5.08. The van der Waals surface area contributed by atoms with Gasteiger partial charge in [0.15, 0.2) is 0 Å². The molecule has 0 aliphatic carbocycles. The van der Waals surface area contributed by atoms with Crippen LogP contribution in [0.5, 0.6) is 5.75 Å². The number of rotatable bonds is 3. The van der Waals surface area contributed by atoms with Crippen LogP contribution in [0.2, 0.25) is 0 Å². The van der Waals surface area contributed by atoms with Crippen molar-refractivity contribution in [2.75, 3.05) is 11.9 Å². The van der Waals surface area contributed by atoms with Gasteiger partial charge in [0, 0.05) is 5.56 Å². The van der Waals surface area contributed by atoms with E-state index in [2.05, 4.69) is 15.3 Å². The molecule has 1 amide bonds. The lowest BCUT2D eigenvalue weighted by Gasteiger charge is -2.24. The zero-order valence-corrected chi connectivity index (χ0v) is 15.2. The SMILES string of the molecule is O=C(Nc1ccccc1-c1nc2ccccc2[nH]1)C1COc2ccccc2C1. The highest BCUT2D eigenvalue weighted by atomic mass is 16.5. The number of amides is 1. The number of nitrogens with zero attached hydrogens (tertiary/aromatic N) is 1. The summed E-state index contributed by atoms with van der Waals surface area (Å²) in [4.78, 5) is 20.9. The minimum Gasteiger partial charge on any atom is -0.492 e. The van der Waals surface area contributed by atoms with Gasteiger partial charge in [0.2, 0.25) is 5.91 Å². The van der Waals surface area contributed by atoms with Crippen molar-refractivity contribution < 1.29 is 9.53 Å². The molecule has 3 aromatic carbocycles. The summed E-state index contributed by atoms with van der Waals surface area (Å²) < 4.78 is 5.77. The van der Waals surface area contributed by atoms with Crippen LogP contribution in [-0.4, -0.2) is 22.5 Å². The highest BCUT2D eigenvalue weighted by Crippen LogP contribution is 2.30. The first-order valence-corrected chi connectivity index (χ1v) is 9.33. The lowest BCUT2D eigenvalue weighted by Crippen LogP contribution is -2.32. The Bertz CT molecular complexity index is 1130. The molecule has 0 spiro atoms. The zero-order valence-electron chi connectivity index (χ0n) is 15.2. The fourth-order valence-electron chi connectivity index (χ4n) is 3.61. The zero-order chi connectivity index (χ0) is 18.9. The van der Waals surface area contributed by atoms with Crippen LogP contribution >= 0.6 is 0 Å². The molecule has 5 nitrogen and oxygen atoms in total. The molecule has 1 aliphatic heterocycles. The fourth-order valence-corrected chi connectivity index (χ4v) is 3.61. The van der Waals surface area contributed by atoms with Crippen LogP contribution in [0.3, 0.4) is 0 Å². The summed E-state index contributed by atoms with van der Waals surface area (Å²) in [5.41, 5.74) is 4.54. The molecule has 138 valence electrons. The molecule has 1 atom stereocenters. The summed E-state index contributed by atoms with van der Waals surface area (Å²) in [5, 5.41) is 3.07. The lowest BCUT2D eigenvalue weighted by atomic mass is 9.96. The average Bonchev–Trinajstić information content (AvgIpc) is 3.18. The Morgan fingerprint density at radius 1 is 1.00 bits per heavy atom. The van der Waals surface area contributed by atoms with Gasteiger partial charge in [0.25, 0.3) is 0 Å². The first kappa shape index (κ1) is 16.6. The molecule has 2 heterocycles. The molecule has 0 bridgehead atoms. The number of nitrogens with one attached hydrogen (secondary N) is 2. The number of benzene rings is 3.